The standard InChI is InChI=1S/C18H25N5OS/c1-2-22-13-19-23(18(22)25)14-21-8-6-20(7-9-21)12-15-3-4-17-16(11-15)5-10-24-17/h3-4,11,13H,2,5-10,12,14H2,1H3. The predicted molar refractivity (Wildman–Crippen MR) is 99.2 cm³/mol. The van der Waals surface area contributed by atoms with Crippen LogP contribution >= 0.6 is 12.2 Å². The molecule has 0 N–H and O–H groups in total. The van der Waals surface area contributed by atoms with E-state index < -0.39 is 0 Å². The molecule has 0 aliphatic carbocycles. The Morgan fingerprint density at radius 3 is 2.72 bits per heavy atom. The average Bonchev–Trinajstić information content (AvgIpc) is 3.23. The molecule has 3 heterocycles. The van der Waals surface area contributed by atoms with E-state index in [-0.39, 0.29) is 0 Å². The molecule has 25 heavy (non-hydrogen) atoms. The van der Waals surface area contributed by atoms with Gasteiger partial charge in [-0.15, -0.1) is 0 Å². The fourth-order valence-corrected chi connectivity index (χ4v) is 3.84. The molecular weight excluding hydrogens is 334 g/mol. The van der Waals surface area contributed by atoms with Gasteiger partial charge >= 0.3 is 0 Å². The maximum atomic E-state index is 5.59. The van der Waals surface area contributed by atoms with Crippen LogP contribution in [0.2, 0.25) is 0 Å². The van der Waals surface area contributed by atoms with Crippen LogP contribution in [0.4, 0.5) is 0 Å². The van der Waals surface area contributed by atoms with Crippen LogP contribution in [-0.2, 0) is 26.2 Å². The van der Waals surface area contributed by atoms with E-state index in [1.807, 2.05) is 15.6 Å². The molecule has 0 radical (unpaired) electrons. The first-order valence-electron chi connectivity index (χ1n) is 9.04. The summed E-state index contributed by atoms with van der Waals surface area (Å²) in [5.41, 5.74) is 2.75. The van der Waals surface area contributed by atoms with Crippen molar-refractivity contribution in [1.82, 2.24) is 24.1 Å². The molecule has 4 rings (SSSR count). The van der Waals surface area contributed by atoms with Crippen molar-refractivity contribution in [2.45, 2.75) is 33.1 Å². The second-order valence-corrected chi connectivity index (χ2v) is 7.14. The van der Waals surface area contributed by atoms with Gasteiger partial charge in [-0.2, -0.15) is 5.10 Å². The van der Waals surface area contributed by atoms with E-state index in [0.717, 1.165) is 69.5 Å². The first-order valence-corrected chi connectivity index (χ1v) is 9.45. The van der Waals surface area contributed by atoms with Crippen LogP contribution in [-0.4, -0.2) is 56.9 Å². The molecule has 0 unspecified atom stereocenters. The lowest BCUT2D eigenvalue weighted by Gasteiger charge is -2.34. The van der Waals surface area contributed by atoms with Crippen molar-refractivity contribution >= 4 is 12.2 Å². The number of hydrogen-bond donors (Lipinski definition) is 0. The molecule has 1 aromatic heterocycles. The molecule has 134 valence electrons. The Bertz CT molecular complexity index is 791. The van der Waals surface area contributed by atoms with Crippen LogP contribution in [0.1, 0.15) is 18.1 Å². The van der Waals surface area contributed by atoms with Gasteiger partial charge in [0.1, 0.15) is 12.1 Å². The van der Waals surface area contributed by atoms with Crippen molar-refractivity contribution in [2.75, 3.05) is 32.8 Å². The molecule has 1 aromatic carbocycles. The Morgan fingerprint density at radius 1 is 1.16 bits per heavy atom. The number of aromatic nitrogens is 3. The van der Waals surface area contributed by atoms with E-state index >= 15 is 0 Å². The van der Waals surface area contributed by atoms with Crippen LogP contribution in [0, 0.1) is 4.77 Å². The van der Waals surface area contributed by atoms with Gasteiger partial charge in [0.25, 0.3) is 0 Å². The fraction of sp³-hybridized carbons (Fsp3) is 0.556. The average molecular weight is 359 g/mol. The Balaban J connectivity index is 1.31. The summed E-state index contributed by atoms with van der Waals surface area (Å²) in [5.74, 6) is 1.07. The normalized spacial score (nSPS) is 18.3. The largest absolute Gasteiger partial charge is 0.493 e. The van der Waals surface area contributed by atoms with E-state index in [9.17, 15) is 0 Å². The van der Waals surface area contributed by atoms with Gasteiger partial charge in [0.15, 0.2) is 4.77 Å². The third kappa shape index (κ3) is 3.63. The number of aryl methyl sites for hydroxylation is 1. The minimum Gasteiger partial charge on any atom is -0.493 e. The number of benzene rings is 1. The second kappa shape index (κ2) is 7.27. The van der Waals surface area contributed by atoms with Crippen LogP contribution in [0.25, 0.3) is 0 Å². The summed E-state index contributed by atoms with van der Waals surface area (Å²) in [6, 6.07) is 6.64. The van der Waals surface area contributed by atoms with Crippen molar-refractivity contribution in [3.63, 3.8) is 0 Å². The molecule has 2 aliphatic heterocycles. The summed E-state index contributed by atoms with van der Waals surface area (Å²) in [6.45, 7) is 9.85. The predicted octanol–water partition coefficient (Wildman–Crippen LogP) is 2.14. The van der Waals surface area contributed by atoms with Gasteiger partial charge < -0.3 is 9.30 Å². The summed E-state index contributed by atoms with van der Waals surface area (Å²) < 4.78 is 10.3. The van der Waals surface area contributed by atoms with E-state index in [1.54, 1.807) is 0 Å². The first-order chi connectivity index (χ1) is 12.2. The molecule has 0 saturated carbocycles. The SMILES string of the molecule is CCn1cnn(CN2CCN(Cc3ccc4c(c3)CCO4)CC2)c1=S. The summed E-state index contributed by atoms with van der Waals surface area (Å²) in [6.07, 6.45) is 2.87. The van der Waals surface area contributed by atoms with Gasteiger partial charge in [-0.1, -0.05) is 12.1 Å². The highest BCUT2D eigenvalue weighted by atomic mass is 32.1. The second-order valence-electron chi connectivity index (χ2n) is 6.78. The molecule has 0 spiro atoms. The van der Waals surface area contributed by atoms with Gasteiger partial charge in [0.05, 0.1) is 13.3 Å². The molecule has 1 saturated heterocycles. The molecule has 1 fully saturated rings. The Kier molecular flexibility index (Phi) is 4.87. The fourth-order valence-electron chi connectivity index (χ4n) is 3.56. The molecule has 7 heteroatoms. The Morgan fingerprint density at radius 2 is 1.96 bits per heavy atom. The van der Waals surface area contributed by atoms with Gasteiger partial charge in [0.2, 0.25) is 0 Å². The lowest BCUT2D eigenvalue weighted by Crippen LogP contribution is -2.46. The van der Waals surface area contributed by atoms with E-state index in [0.29, 0.717) is 0 Å². The number of ether oxygens (including phenoxy) is 1. The van der Waals surface area contributed by atoms with Crippen LogP contribution in [0.3, 0.4) is 0 Å². The van der Waals surface area contributed by atoms with Gasteiger partial charge in [-0.05, 0) is 36.3 Å². The first kappa shape index (κ1) is 16.8. The number of fused-ring (bicyclic) bond motifs is 1. The minimum atomic E-state index is 0.788. The summed E-state index contributed by atoms with van der Waals surface area (Å²) >= 11 is 5.46. The summed E-state index contributed by atoms with van der Waals surface area (Å²) in [5, 5.41) is 4.41. The zero-order valence-corrected chi connectivity index (χ0v) is 15.5. The zero-order valence-electron chi connectivity index (χ0n) is 14.7. The number of hydrogen-bond acceptors (Lipinski definition) is 5. The highest BCUT2D eigenvalue weighted by Crippen LogP contribution is 2.26. The van der Waals surface area contributed by atoms with Crippen LogP contribution in [0.15, 0.2) is 24.5 Å². The van der Waals surface area contributed by atoms with Crippen molar-refractivity contribution < 1.29 is 4.74 Å². The van der Waals surface area contributed by atoms with E-state index in [4.69, 9.17) is 17.0 Å². The molecule has 0 atom stereocenters. The zero-order chi connectivity index (χ0) is 17.2. The van der Waals surface area contributed by atoms with Crippen molar-refractivity contribution in [2.24, 2.45) is 0 Å². The van der Waals surface area contributed by atoms with Crippen molar-refractivity contribution in [3.05, 3.63) is 40.4 Å². The minimum absolute atomic E-state index is 0.788. The lowest BCUT2D eigenvalue weighted by molar-refractivity contribution is 0.0980. The molecule has 0 bridgehead atoms. The molecule has 2 aliphatic rings. The topological polar surface area (TPSA) is 38.5 Å². The smallest absolute Gasteiger partial charge is 0.198 e. The van der Waals surface area contributed by atoms with Crippen molar-refractivity contribution in [3.8, 4) is 5.75 Å². The van der Waals surface area contributed by atoms with E-state index in [2.05, 4.69) is 40.0 Å². The quantitative estimate of drug-likeness (QED) is 0.765. The Labute approximate surface area is 153 Å². The third-order valence-corrected chi connectivity index (χ3v) is 5.54. The third-order valence-electron chi connectivity index (χ3n) is 5.10. The molecule has 0 amide bonds. The lowest BCUT2D eigenvalue weighted by atomic mass is 10.1. The maximum absolute atomic E-state index is 5.59. The number of rotatable bonds is 5. The van der Waals surface area contributed by atoms with Gasteiger partial charge in [-0.25, -0.2) is 4.68 Å². The monoisotopic (exact) mass is 359 g/mol. The van der Waals surface area contributed by atoms with Gasteiger partial charge in [-0.3, -0.25) is 9.80 Å². The highest BCUT2D eigenvalue weighted by Gasteiger charge is 2.19. The van der Waals surface area contributed by atoms with Crippen LogP contribution < -0.4 is 4.74 Å². The van der Waals surface area contributed by atoms with Crippen LogP contribution in [0.5, 0.6) is 5.75 Å². The summed E-state index contributed by atoms with van der Waals surface area (Å²) in [4.78, 5) is 4.95. The molecule has 2 aromatic rings. The molecular formula is C18H25N5OS. The maximum Gasteiger partial charge on any atom is 0.198 e. The Hall–Kier alpha value is -1.70. The number of nitrogens with zero attached hydrogens (tertiary/aromatic N) is 5. The number of piperazine rings is 1. The summed E-state index contributed by atoms with van der Waals surface area (Å²) in [7, 11) is 0. The molecule has 6 nitrogen and oxygen atoms in total. The van der Waals surface area contributed by atoms with E-state index in [1.165, 1.54) is 11.1 Å². The highest BCUT2D eigenvalue weighted by molar-refractivity contribution is 7.71. The van der Waals surface area contributed by atoms with Crippen molar-refractivity contribution in [1.29, 1.82) is 0 Å². The van der Waals surface area contributed by atoms with Gasteiger partial charge in [0, 0.05) is 45.7 Å².